The van der Waals surface area contributed by atoms with E-state index in [9.17, 15) is 0 Å². The van der Waals surface area contributed by atoms with Crippen molar-refractivity contribution >= 4 is 21.1 Å². The van der Waals surface area contributed by atoms with E-state index in [4.69, 9.17) is 5.11 Å². The first-order valence-corrected chi connectivity index (χ1v) is 6.27. The van der Waals surface area contributed by atoms with E-state index in [0.29, 0.717) is 0 Å². The summed E-state index contributed by atoms with van der Waals surface area (Å²) in [6, 6.07) is 0. The van der Waals surface area contributed by atoms with Crippen LogP contribution in [-0.4, -0.2) is 42.4 Å². The van der Waals surface area contributed by atoms with Crippen LogP contribution in [-0.2, 0) is 0 Å². The van der Waals surface area contributed by atoms with Gasteiger partial charge in [0.25, 0.3) is 0 Å². The first-order valence-electron chi connectivity index (χ1n) is 2.61. The number of allylic oxidation sites excluding steroid dienone is 1. The predicted molar refractivity (Wildman–Crippen MR) is 33.5 cm³/mol. The average Bonchev–Trinajstić information content (AvgIpc) is 1.77. The van der Waals surface area contributed by atoms with Crippen molar-refractivity contribution in [2.75, 3.05) is 7.05 Å². The van der Waals surface area contributed by atoms with Crippen molar-refractivity contribution in [2.24, 2.45) is 0 Å². The second kappa shape index (κ2) is 2.73. The Balaban J connectivity index is 2.47. The first kappa shape index (κ1) is 6.42. The van der Waals surface area contributed by atoms with E-state index >= 15 is 0 Å². The second-order valence-electron chi connectivity index (χ2n) is 1.83. The van der Waals surface area contributed by atoms with Crippen molar-refractivity contribution in [2.45, 2.75) is 8.68 Å². The van der Waals surface area contributed by atoms with Crippen LogP contribution in [0, 0.1) is 0 Å². The maximum absolute atomic E-state index is 9.13. The van der Waals surface area contributed by atoms with Crippen molar-refractivity contribution in [3.05, 3.63) is 12.3 Å². The van der Waals surface area contributed by atoms with Gasteiger partial charge in [-0.25, -0.2) is 0 Å². The summed E-state index contributed by atoms with van der Waals surface area (Å²) in [4.78, 5) is 1.88. The summed E-state index contributed by atoms with van der Waals surface area (Å²) < 4.78 is 1.10. The molecular weight excluding hydrogens is 209 g/mol. The molecule has 0 amide bonds. The standard InChI is InChI=1S/C5H9NO.Sn/c1-3-4-6(2)5-7;/h3-5,7H,1H2,2H3;. The number of aliphatic hydroxyl groups is 1. The number of rotatable bonds is 0. The molecule has 0 aliphatic carbocycles. The molecule has 0 aromatic heterocycles. The fraction of sp³-hybridized carbons (Fsp3) is 0.600. The van der Waals surface area contributed by atoms with Crippen molar-refractivity contribution < 1.29 is 5.11 Å². The van der Waals surface area contributed by atoms with Crippen molar-refractivity contribution in [3.63, 3.8) is 0 Å². The minimum atomic E-state index is -0.464. The molecule has 1 aliphatic heterocycles. The van der Waals surface area contributed by atoms with Gasteiger partial charge in [-0.1, -0.05) is 0 Å². The molecule has 1 N–H and O–H groups in total. The van der Waals surface area contributed by atoms with Crippen LogP contribution in [0.4, 0.5) is 0 Å². The van der Waals surface area contributed by atoms with E-state index in [-0.39, 0.29) is 4.24 Å². The molecule has 0 bridgehead atoms. The molecule has 1 atom stereocenters. The van der Waals surface area contributed by atoms with Gasteiger partial charge in [0.15, 0.2) is 0 Å². The maximum atomic E-state index is 9.13. The molecule has 1 unspecified atom stereocenters. The summed E-state index contributed by atoms with van der Waals surface area (Å²) in [5.74, 6) is 0. The van der Waals surface area contributed by atoms with Crippen LogP contribution in [0.2, 0.25) is 4.44 Å². The molecule has 1 rings (SSSR count). The van der Waals surface area contributed by atoms with Gasteiger partial charge in [0.05, 0.1) is 0 Å². The molecule has 2 nitrogen and oxygen atoms in total. The monoisotopic (exact) mass is 219 g/mol. The van der Waals surface area contributed by atoms with Gasteiger partial charge in [0.2, 0.25) is 0 Å². The van der Waals surface area contributed by atoms with Gasteiger partial charge >= 0.3 is 59.2 Å². The Morgan fingerprint density at radius 3 is 3.00 bits per heavy atom. The zero-order valence-corrected chi connectivity index (χ0v) is 7.69. The van der Waals surface area contributed by atoms with Crippen molar-refractivity contribution in [1.29, 1.82) is 0 Å². The summed E-state index contributed by atoms with van der Waals surface area (Å²) in [5, 5.41) is 9.13. The Morgan fingerprint density at radius 1 is 1.88 bits per heavy atom. The topological polar surface area (TPSA) is 23.5 Å². The molecular formula is C5H9NOSn. The van der Waals surface area contributed by atoms with E-state index in [2.05, 4.69) is 6.08 Å². The number of hydrogen-bond acceptors (Lipinski definition) is 2. The molecule has 0 aromatic rings. The normalized spacial score (nSPS) is 28.8. The number of hydrogen-bond donors (Lipinski definition) is 1. The molecule has 0 fully saturated rings. The molecule has 44 valence electrons. The Hall–Kier alpha value is 0.299. The average molecular weight is 218 g/mol. The second-order valence-corrected chi connectivity index (χ2v) is 5.64. The van der Waals surface area contributed by atoms with E-state index in [0.717, 1.165) is 0 Å². The Kier molecular flexibility index (Phi) is 2.19. The van der Waals surface area contributed by atoms with Gasteiger partial charge < -0.3 is 0 Å². The quantitative estimate of drug-likeness (QED) is 0.571. The van der Waals surface area contributed by atoms with Gasteiger partial charge in [-0.2, -0.15) is 0 Å². The van der Waals surface area contributed by atoms with Crippen molar-refractivity contribution in [3.8, 4) is 0 Å². The summed E-state index contributed by atoms with van der Waals surface area (Å²) in [7, 11) is 1.92. The molecule has 1 heterocycles. The Bertz CT molecular complexity index is 105. The third-order valence-electron chi connectivity index (χ3n) is 1.14. The Labute approximate surface area is 59.4 Å². The SMILES string of the molecule is CN1C=C[CH2][Sn][CH]1O. The summed E-state index contributed by atoms with van der Waals surface area (Å²) in [6.45, 7) is 0. The van der Waals surface area contributed by atoms with E-state index in [1.54, 1.807) is 0 Å². The molecule has 8 heavy (non-hydrogen) atoms. The van der Waals surface area contributed by atoms with Gasteiger partial charge in [-0.3, -0.25) is 0 Å². The molecule has 0 saturated carbocycles. The van der Waals surface area contributed by atoms with Crippen LogP contribution in [0.1, 0.15) is 0 Å². The fourth-order valence-electron chi connectivity index (χ4n) is 0.618. The van der Waals surface area contributed by atoms with Gasteiger partial charge in [-0.15, -0.1) is 0 Å². The van der Waals surface area contributed by atoms with Crippen LogP contribution >= 0.6 is 0 Å². The molecule has 1 aliphatic rings. The molecule has 0 spiro atoms. The molecule has 2 radical (unpaired) electrons. The van der Waals surface area contributed by atoms with Gasteiger partial charge in [-0.05, 0) is 0 Å². The van der Waals surface area contributed by atoms with E-state index in [1.807, 2.05) is 18.1 Å². The van der Waals surface area contributed by atoms with Crippen LogP contribution in [0.3, 0.4) is 0 Å². The zero-order valence-electron chi connectivity index (χ0n) is 4.83. The van der Waals surface area contributed by atoms with Crippen molar-refractivity contribution in [1.82, 2.24) is 4.90 Å². The van der Waals surface area contributed by atoms with Crippen LogP contribution in [0.5, 0.6) is 0 Å². The van der Waals surface area contributed by atoms with Gasteiger partial charge in [0, 0.05) is 0 Å². The molecule has 0 saturated heterocycles. The predicted octanol–water partition coefficient (Wildman–Crippen LogP) is -0.156. The Morgan fingerprint density at radius 2 is 2.62 bits per heavy atom. The van der Waals surface area contributed by atoms with Crippen LogP contribution in [0.15, 0.2) is 12.3 Å². The molecule has 3 heteroatoms. The van der Waals surface area contributed by atoms with Crippen LogP contribution < -0.4 is 0 Å². The third kappa shape index (κ3) is 1.39. The zero-order chi connectivity index (χ0) is 5.98. The van der Waals surface area contributed by atoms with Crippen LogP contribution in [0.25, 0.3) is 0 Å². The van der Waals surface area contributed by atoms with E-state index < -0.39 is 21.1 Å². The molecule has 0 aromatic carbocycles. The van der Waals surface area contributed by atoms with Gasteiger partial charge in [0.1, 0.15) is 0 Å². The summed E-state index contributed by atoms with van der Waals surface area (Å²) >= 11 is -0.464. The first-order chi connectivity index (χ1) is 3.80. The minimum absolute atomic E-state index is 0.0800. The fourth-order valence-corrected chi connectivity index (χ4v) is 2.98. The third-order valence-corrected chi connectivity index (χ3v) is 4.69. The summed E-state index contributed by atoms with van der Waals surface area (Å²) in [5.41, 5.74) is 0. The number of nitrogens with zero attached hydrogens (tertiary/aromatic N) is 1. The number of aliphatic hydroxyl groups excluding tert-OH is 1. The summed E-state index contributed by atoms with van der Waals surface area (Å²) in [6.07, 6.45) is 4.09. The van der Waals surface area contributed by atoms with E-state index in [1.165, 1.54) is 4.44 Å².